The van der Waals surface area contributed by atoms with Crippen molar-refractivity contribution in [3.63, 3.8) is 0 Å². The number of hydrogen-bond donors (Lipinski definition) is 2. The standard InChI is InChI=1S/C31H30F3N5O4/c1-2-38-11-13-39(14-12-38)22-6-3-17(15-21(22)31(32,33)34)30(41)37-27-26-20-16-18(4-7-23(20)43-28(26)27)42-24-9-10-35-29-19(24)5-8-25(40)36-29/h3-4,6-7,9-10,15-16,26-28H,2,5,8,11-14H2,1H3,(H,37,41)(H,35,36,40). The first-order chi connectivity index (χ1) is 20.7. The maximum absolute atomic E-state index is 14.1. The summed E-state index contributed by atoms with van der Waals surface area (Å²) >= 11 is 0. The van der Waals surface area contributed by atoms with Gasteiger partial charge >= 0.3 is 6.18 Å². The predicted molar refractivity (Wildman–Crippen MR) is 152 cm³/mol. The molecular weight excluding hydrogens is 563 g/mol. The van der Waals surface area contributed by atoms with Gasteiger partial charge in [0.15, 0.2) is 0 Å². The first-order valence-corrected chi connectivity index (χ1v) is 14.4. The van der Waals surface area contributed by atoms with E-state index in [4.69, 9.17) is 9.47 Å². The summed E-state index contributed by atoms with van der Waals surface area (Å²) in [5.41, 5.74) is 0.940. The van der Waals surface area contributed by atoms with Gasteiger partial charge in [0.1, 0.15) is 29.2 Å². The van der Waals surface area contributed by atoms with E-state index in [-0.39, 0.29) is 35.2 Å². The minimum absolute atomic E-state index is 0.0416. The van der Waals surface area contributed by atoms with Gasteiger partial charge in [-0.05, 0) is 55.4 Å². The van der Waals surface area contributed by atoms with Crippen LogP contribution in [0.1, 0.15) is 46.3 Å². The van der Waals surface area contributed by atoms with Crippen molar-refractivity contribution in [2.75, 3.05) is 42.9 Å². The number of hydrogen-bond acceptors (Lipinski definition) is 7. The van der Waals surface area contributed by atoms with Gasteiger partial charge in [0.2, 0.25) is 5.91 Å². The van der Waals surface area contributed by atoms with Gasteiger partial charge in [-0.3, -0.25) is 9.59 Å². The number of nitrogens with one attached hydrogen (secondary N) is 2. The van der Waals surface area contributed by atoms with E-state index in [0.717, 1.165) is 23.7 Å². The quantitative estimate of drug-likeness (QED) is 0.432. The molecule has 12 heteroatoms. The van der Waals surface area contributed by atoms with Gasteiger partial charge in [0, 0.05) is 61.2 Å². The Morgan fingerprint density at radius 1 is 1.12 bits per heavy atom. The van der Waals surface area contributed by atoms with Gasteiger partial charge < -0.3 is 29.9 Å². The van der Waals surface area contributed by atoms with Crippen LogP contribution < -0.4 is 25.0 Å². The number of piperazine rings is 1. The van der Waals surface area contributed by atoms with Gasteiger partial charge in [0.05, 0.1) is 17.5 Å². The fourth-order valence-electron chi connectivity index (χ4n) is 6.28. The number of benzene rings is 2. The summed E-state index contributed by atoms with van der Waals surface area (Å²) in [7, 11) is 0. The van der Waals surface area contributed by atoms with Crippen molar-refractivity contribution in [2.24, 2.45) is 0 Å². The summed E-state index contributed by atoms with van der Waals surface area (Å²) in [4.78, 5) is 33.0. The highest BCUT2D eigenvalue weighted by Crippen LogP contribution is 2.55. The monoisotopic (exact) mass is 593 g/mol. The Kier molecular flexibility index (Phi) is 6.68. The number of fused-ring (bicyclic) bond motifs is 4. The van der Waals surface area contributed by atoms with Crippen LogP contribution in [0.15, 0.2) is 48.7 Å². The Bertz CT molecular complexity index is 1600. The normalized spacial score (nSPS) is 22.6. The lowest BCUT2D eigenvalue weighted by Crippen LogP contribution is -2.46. The highest BCUT2D eigenvalue weighted by atomic mass is 19.4. The zero-order valence-electron chi connectivity index (χ0n) is 23.4. The molecule has 9 nitrogen and oxygen atoms in total. The number of carbonyl (C=O) groups excluding carboxylic acids is 2. The van der Waals surface area contributed by atoms with Crippen molar-refractivity contribution < 1.29 is 32.2 Å². The van der Waals surface area contributed by atoms with Gasteiger partial charge in [-0.1, -0.05) is 6.92 Å². The van der Waals surface area contributed by atoms with Crippen LogP contribution in [-0.2, 0) is 17.4 Å². The maximum Gasteiger partial charge on any atom is 0.418 e. The number of halogens is 3. The molecule has 3 unspecified atom stereocenters. The van der Waals surface area contributed by atoms with Crippen LogP contribution in [-0.4, -0.2) is 66.6 Å². The van der Waals surface area contributed by atoms with Crippen LogP contribution in [0.5, 0.6) is 17.2 Å². The Morgan fingerprint density at radius 3 is 2.70 bits per heavy atom. The van der Waals surface area contributed by atoms with Crippen molar-refractivity contribution >= 4 is 23.3 Å². The molecule has 0 spiro atoms. The molecule has 2 fully saturated rings. The van der Waals surface area contributed by atoms with Gasteiger partial charge in [0.25, 0.3) is 5.91 Å². The molecule has 0 bridgehead atoms. The molecule has 0 radical (unpaired) electrons. The van der Waals surface area contributed by atoms with E-state index in [1.807, 2.05) is 13.0 Å². The molecule has 1 saturated carbocycles. The van der Waals surface area contributed by atoms with E-state index in [1.165, 1.54) is 12.1 Å². The number of nitrogens with zero attached hydrogens (tertiary/aromatic N) is 3. The molecule has 43 heavy (non-hydrogen) atoms. The minimum Gasteiger partial charge on any atom is -0.487 e. The summed E-state index contributed by atoms with van der Waals surface area (Å²) in [5.74, 6) is 1.54. The van der Waals surface area contributed by atoms with E-state index in [1.54, 1.807) is 29.3 Å². The summed E-state index contributed by atoms with van der Waals surface area (Å²) in [6.07, 6.45) is -2.46. The zero-order valence-corrected chi connectivity index (χ0v) is 23.4. The lowest BCUT2D eigenvalue weighted by atomic mass is 10.1. The fraction of sp³-hybridized carbons (Fsp3) is 0.387. The number of rotatable bonds is 6. The second kappa shape index (κ2) is 10.4. The number of anilines is 2. The molecule has 2 N–H and O–H groups in total. The van der Waals surface area contributed by atoms with E-state index in [0.29, 0.717) is 62.1 Å². The molecule has 2 aromatic carbocycles. The van der Waals surface area contributed by atoms with E-state index >= 15 is 0 Å². The molecule has 3 aliphatic heterocycles. The maximum atomic E-state index is 14.1. The summed E-state index contributed by atoms with van der Waals surface area (Å²) in [6.45, 7) is 5.27. The molecule has 7 rings (SSSR count). The molecule has 224 valence electrons. The number of amides is 2. The molecule has 1 aromatic heterocycles. The van der Waals surface area contributed by atoms with Crippen LogP contribution in [0.25, 0.3) is 0 Å². The summed E-state index contributed by atoms with van der Waals surface area (Å²) in [6, 6.07) is 10.6. The van der Waals surface area contributed by atoms with Crippen LogP contribution in [0.3, 0.4) is 0 Å². The van der Waals surface area contributed by atoms with Crippen LogP contribution in [0.4, 0.5) is 24.7 Å². The Hall–Kier alpha value is -4.32. The molecule has 4 aliphatic rings. The molecule has 3 atom stereocenters. The third-order valence-corrected chi connectivity index (χ3v) is 8.68. The first-order valence-electron chi connectivity index (χ1n) is 14.4. The predicted octanol–water partition coefficient (Wildman–Crippen LogP) is 4.58. The molecule has 2 amide bonds. The van der Waals surface area contributed by atoms with Crippen LogP contribution >= 0.6 is 0 Å². The summed E-state index contributed by atoms with van der Waals surface area (Å²) in [5, 5.41) is 5.63. The number of carbonyl (C=O) groups is 2. The number of likely N-dealkylation sites (N-methyl/N-ethyl adjacent to an activating group) is 1. The van der Waals surface area contributed by atoms with Gasteiger partial charge in [-0.25, -0.2) is 4.98 Å². The number of aromatic nitrogens is 1. The summed E-state index contributed by atoms with van der Waals surface area (Å²) < 4.78 is 54.5. The van der Waals surface area contributed by atoms with Crippen LogP contribution in [0.2, 0.25) is 0 Å². The van der Waals surface area contributed by atoms with Gasteiger partial charge in [-0.2, -0.15) is 13.2 Å². The Labute approximate surface area is 246 Å². The highest BCUT2D eigenvalue weighted by molar-refractivity contribution is 5.96. The smallest absolute Gasteiger partial charge is 0.418 e. The zero-order chi connectivity index (χ0) is 29.9. The van der Waals surface area contributed by atoms with E-state index in [2.05, 4.69) is 20.5 Å². The average Bonchev–Trinajstić information content (AvgIpc) is 3.52. The lowest BCUT2D eigenvalue weighted by molar-refractivity contribution is -0.137. The first kappa shape index (κ1) is 27.5. The van der Waals surface area contributed by atoms with Crippen molar-refractivity contribution in [3.05, 3.63) is 70.9 Å². The SMILES string of the molecule is CCN1CCN(c2ccc(C(=O)NC3C4Oc5ccc(Oc6ccnc7c6CCC(=O)N7)cc5C34)cc2C(F)(F)F)CC1. The fourth-order valence-corrected chi connectivity index (χ4v) is 6.28. The van der Waals surface area contributed by atoms with E-state index in [9.17, 15) is 22.8 Å². The van der Waals surface area contributed by atoms with Crippen molar-refractivity contribution in [1.29, 1.82) is 0 Å². The average molecular weight is 594 g/mol. The third kappa shape index (κ3) is 5.13. The minimum atomic E-state index is -4.60. The highest BCUT2D eigenvalue weighted by Gasteiger charge is 2.59. The number of pyridine rings is 1. The number of ether oxygens (including phenoxy) is 2. The van der Waals surface area contributed by atoms with Crippen molar-refractivity contribution in [1.82, 2.24) is 15.2 Å². The number of alkyl halides is 3. The molecule has 1 aliphatic carbocycles. The molecule has 3 aromatic rings. The van der Waals surface area contributed by atoms with E-state index < -0.39 is 17.6 Å². The van der Waals surface area contributed by atoms with Crippen LogP contribution in [0, 0.1) is 0 Å². The van der Waals surface area contributed by atoms with Crippen molar-refractivity contribution in [2.45, 2.75) is 44.0 Å². The second-order valence-corrected chi connectivity index (χ2v) is 11.2. The largest absolute Gasteiger partial charge is 0.487 e. The Balaban J connectivity index is 1.05. The third-order valence-electron chi connectivity index (χ3n) is 8.68. The van der Waals surface area contributed by atoms with Gasteiger partial charge in [-0.15, -0.1) is 0 Å². The molecular formula is C31H30F3N5O4. The second-order valence-electron chi connectivity index (χ2n) is 11.2. The van der Waals surface area contributed by atoms with Crippen molar-refractivity contribution in [3.8, 4) is 17.2 Å². The Morgan fingerprint density at radius 2 is 1.93 bits per heavy atom. The topological polar surface area (TPSA) is 96.0 Å². The molecule has 4 heterocycles. The molecule has 1 saturated heterocycles. The lowest BCUT2D eigenvalue weighted by Gasteiger charge is -2.36.